The molecule has 1 saturated carbocycles. The van der Waals surface area contributed by atoms with Crippen molar-refractivity contribution in [3.63, 3.8) is 0 Å². The molecule has 2 bridgehead atoms. The van der Waals surface area contributed by atoms with Crippen molar-refractivity contribution in [3.8, 4) is 11.5 Å². The van der Waals surface area contributed by atoms with Crippen LogP contribution in [-0.2, 0) is 16.7 Å². The highest BCUT2D eigenvalue weighted by molar-refractivity contribution is 5.55. The minimum absolute atomic E-state index is 0.0394. The van der Waals surface area contributed by atoms with Crippen LogP contribution in [0.25, 0.3) is 0 Å². The number of aliphatic hydroxyl groups is 1. The monoisotopic (exact) mass is 287 g/mol. The van der Waals surface area contributed by atoms with Crippen LogP contribution in [0.3, 0.4) is 0 Å². The number of epoxide rings is 1. The van der Waals surface area contributed by atoms with Gasteiger partial charge in [-0.05, 0) is 42.6 Å². The lowest BCUT2D eigenvalue weighted by molar-refractivity contribution is 0.0586. The van der Waals surface area contributed by atoms with Crippen LogP contribution in [0.4, 0.5) is 0 Å². The highest BCUT2D eigenvalue weighted by atomic mass is 16.7. The molecule has 6 rings (SSSR count). The third kappa shape index (κ3) is 1.17. The summed E-state index contributed by atoms with van der Waals surface area (Å²) in [6, 6.07) is 4.74. The Balaban J connectivity index is 1.58. The average molecular weight is 287 g/mol. The van der Waals surface area contributed by atoms with E-state index in [-0.39, 0.29) is 23.7 Å². The van der Waals surface area contributed by atoms with E-state index in [9.17, 15) is 5.11 Å². The van der Waals surface area contributed by atoms with E-state index < -0.39 is 0 Å². The molecule has 0 aromatic heterocycles. The zero-order valence-electron chi connectivity index (χ0n) is 11.6. The van der Waals surface area contributed by atoms with E-state index in [1.54, 1.807) is 0 Å². The summed E-state index contributed by atoms with van der Waals surface area (Å²) in [5, 5.41) is 10.2. The van der Waals surface area contributed by atoms with Gasteiger partial charge >= 0.3 is 0 Å². The van der Waals surface area contributed by atoms with E-state index in [0.717, 1.165) is 37.4 Å². The number of hydrogen-bond donors (Lipinski definition) is 1. The molecule has 110 valence electrons. The summed E-state index contributed by atoms with van der Waals surface area (Å²) in [7, 11) is 0. The predicted molar refractivity (Wildman–Crippen MR) is 72.3 cm³/mol. The lowest BCUT2D eigenvalue weighted by Gasteiger charge is -2.46. The maximum atomic E-state index is 10.2. The van der Waals surface area contributed by atoms with Crippen molar-refractivity contribution < 1.29 is 19.3 Å². The molecule has 4 aliphatic heterocycles. The van der Waals surface area contributed by atoms with Crippen LogP contribution < -0.4 is 9.47 Å². The van der Waals surface area contributed by atoms with Crippen molar-refractivity contribution >= 4 is 0 Å². The summed E-state index contributed by atoms with van der Waals surface area (Å²) in [4.78, 5) is 2.52. The summed E-state index contributed by atoms with van der Waals surface area (Å²) in [5.74, 6) is 1.74. The number of benzene rings is 1. The first-order valence-electron chi connectivity index (χ1n) is 7.78. The van der Waals surface area contributed by atoms with E-state index >= 15 is 0 Å². The molecule has 5 nitrogen and oxygen atoms in total. The third-order valence-corrected chi connectivity index (χ3v) is 6.20. The second-order valence-corrected chi connectivity index (χ2v) is 6.96. The average Bonchev–Trinajstić information content (AvgIpc) is 3.10. The van der Waals surface area contributed by atoms with E-state index in [1.165, 1.54) is 11.1 Å². The Hall–Kier alpha value is -1.30. The van der Waals surface area contributed by atoms with Gasteiger partial charge < -0.3 is 19.3 Å². The number of fused-ring (bicyclic) bond motifs is 3. The molecule has 0 amide bonds. The van der Waals surface area contributed by atoms with Gasteiger partial charge in [-0.3, -0.25) is 4.90 Å². The highest BCUT2D eigenvalue weighted by Crippen LogP contribution is 2.60. The molecule has 2 saturated heterocycles. The molecular formula is C16H17NO4. The molecule has 1 aliphatic carbocycles. The second-order valence-electron chi connectivity index (χ2n) is 6.96. The Morgan fingerprint density at radius 1 is 1.24 bits per heavy atom. The van der Waals surface area contributed by atoms with Gasteiger partial charge in [-0.1, -0.05) is 0 Å². The quantitative estimate of drug-likeness (QED) is 0.714. The molecule has 5 heteroatoms. The largest absolute Gasteiger partial charge is 0.454 e. The first-order chi connectivity index (χ1) is 10.3. The van der Waals surface area contributed by atoms with Crippen LogP contribution in [-0.4, -0.2) is 47.7 Å². The van der Waals surface area contributed by atoms with E-state index in [0.29, 0.717) is 12.8 Å². The van der Waals surface area contributed by atoms with Crippen molar-refractivity contribution in [1.82, 2.24) is 4.90 Å². The molecule has 5 aliphatic rings. The zero-order valence-corrected chi connectivity index (χ0v) is 11.6. The predicted octanol–water partition coefficient (Wildman–Crippen LogP) is 0.773. The fourth-order valence-electron chi connectivity index (χ4n) is 5.29. The van der Waals surface area contributed by atoms with E-state index in [4.69, 9.17) is 14.2 Å². The smallest absolute Gasteiger partial charge is 0.231 e. The van der Waals surface area contributed by atoms with Crippen molar-refractivity contribution in [2.24, 2.45) is 0 Å². The Morgan fingerprint density at radius 3 is 3.00 bits per heavy atom. The van der Waals surface area contributed by atoms with Crippen molar-refractivity contribution in [3.05, 3.63) is 23.3 Å². The minimum Gasteiger partial charge on any atom is -0.454 e. The first-order valence-corrected chi connectivity index (χ1v) is 7.78. The van der Waals surface area contributed by atoms with Gasteiger partial charge in [0.2, 0.25) is 6.79 Å². The third-order valence-electron chi connectivity index (χ3n) is 6.20. The van der Waals surface area contributed by atoms with Gasteiger partial charge in [-0.15, -0.1) is 0 Å². The van der Waals surface area contributed by atoms with E-state index in [2.05, 4.69) is 17.0 Å². The summed E-state index contributed by atoms with van der Waals surface area (Å²) >= 11 is 0. The molecule has 4 heterocycles. The lowest BCUT2D eigenvalue weighted by Crippen LogP contribution is -2.55. The number of hydrogen-bond acceptors (Lipinski definition) is 5. The minimum atomic E-state index is -0.302. The maximum Gasteiger partial charge on any atom is 0.231 e. The van der Waals surface area contributed by atoms with Gasteiger partial charge in [0.15, 0.2) is 11.5 Å². The molecule has 0 spiro atoms. The number of nitrogens with zero attached hydrogens (tertiary/aromatic N) is 1. The van der Waals surface area contributed by atoms with Crippen molar-refractivity contribution in [2.45, 2.75) is 49.2 Å². The maximum absolute atomic E-state index is 10.2. The SMILES string of the molecule is O[C@H]1C[C@H]2N3CC[C@@]2(c2cc4c(cc2C3)OCO4)[C@H]2O[C@@H]12. The van der Waals surface area contributed by atoms with Gasteiger partial charge in [-0.2, -0.15) is 0 Å². The van der Waals surface area contributed by atoms with Crippen LogP contribution in [0, 0.1) is 0 Å². The molecule has 1 unspecified atom stereocenters. The normalized spacial score (nSPS) is 47.6. The molecule has 0 radical (unpaired) electrons. The molecule has 1 aromatic carbocycles. The second kappa shape index (κ2) is 3.37. The molecule has 3 fully saturated rings. The Morgan fingerprint density at radius 2 is 2.10 bits per heavy atom. The summed E-state index contributed by atoms with van der Waals surface area (Å²) < 4.78 is 17.0. The molecule has 21 heavy (non-hydrogen) atoms. The standard InChI is InChI=1S/C16H17NO4/c18-10-5-13-16(15-14(10)21-15)1-2-17(13)6-8-3-11-12(4-9(8)16)20-7-19-11/h3-4,10,13-15,18H,1-2,5-7H2/t10-,13+,14-,15-,16-/m0/s1. The molecule has 6 atom stereocenters. The lowest BCUT2D eigenvalue weighted by atomic mass is 9.63. The Labute approximate surface area is 122 Å². The van der Waals surface area contributed by atoms with Gasteiger partial charge in [-0.25, -0.2) is 0 Å². The van der Waals surface area contributed by atoms with Gasteiger partial charge in [0.25, 0.3) is 0 Å². The number of ether oxygens (including phenoxy) is 3. The summed E-state index contributed by atoms with van der Waals surface area (Å²) in [6.07, 6.45) is 1.87. The molecular weight excluding hydrogens is 270 g/mol. The first kappa shape index (κ1) is 11.3. The van der Waals surface area contributed by atoms with Crippen molar-refractivity contribution in [2.75, 3.05) is 13.3 Å². The number of aliphatic hydroxyl groups excluding tert-OH is 1. The topological polar surface area (TPSA) is 54.5 Å². The van der Waals surface area contributed by atoms with Crippen LogP contribution >= 0.6 is 0 Å². The molecule has 1 N–H and O–H groups in total. The summed E-state index contributed by atoms with van der Waals surface area (Å²) in [6.45, 7) is 2.35. The number of rotatable bonds is 0. The van der Waals surface area contributed by atoms with Crippen LogP contribution in [0.1, 0.15) is 24.0 Å². The van der Waals surface area contributed by atoms with Crippen LogP contribution in [0.15, 0.2) is 12.1 Å². The Bertz CT molecular complexity index is 662. The fraction of sp³-hybridized carbons (Fsp3) is 0.625. The molecule has 1 aromatic rings. The van der Waals surface area contributed by atoms with Crippen LogP contribution in [0.2, 0.25) is 0 Å². The van der Waals surface area contributed by atoms with Crippen LogP contribution in [0.5, 0.6) is 11.5 Å². The highest BCUT2D eigenvalue weighted by Gasteiger charge is 2.69. The summed E-state index contributed by atoms with van der Waals surface area (Å²) in [5.41, 5.74) is 2.78. The fourth-order valence-corrected chi connectivity index (χ4v) is 5.29. The zero-order chi connectivity index (χ0) is 13.8. The van der Waals surface area contributed by atoms with Crippen molar-refractivity contribution in [1.29, 1.82) is 0 Å². The van der Waals surface area contributed by atoms with Gasteiger partial charge in [0, 0.05) is 18.0 Å². The Kier molecular flexibility index (Phi) is 1.81. The van der Waals surface area contributed by atoms with Gasteiger partial charge in [0.1, 0.15) is 6.10 Å². The van der Waals surface area contributed by atoms with E-state index in [1.807, 2.05) is 0 Å². The van der Waals surface area contributed by atoms with Gasteiger partial charge in [0.05, 0.1) is 12.2 Å².